The van der Waals surface area contributed by atoms with Crippen molar-refractivity contribution in [3.05, 3.63) is 83.4 Å². The van der Waals surface area contributed by atoms with Crippen molar-refractivity contribution in [1.82, 2.24) is 5.32 Å². The lowest BCUT2D eigenvalue weighted by Gasteiger charge is -2.11. The van der Waals surface area contributed by atoms with Crippen molar-refractivity contribution in [2.45, 2.75) is 30.4 Å². The van der Waals surface area contributed by atoms with Gasteiger partial charge in [-0.2, -0.15) is 0 Å². The molecule has 1 aliphatic heterocycles. The Bertz CT molecular complexity index is 1190. The molecule has 0 bridgehead atoms. The van der Waals surface area contributed by atoms with Gasteiger partial charge in [-0.1, -0.05) is 24.3 Å². The number of hydrogen-bond acceptors (Lipinski definition) is 6. The van der Waals surface area contributed by atoms with Crippen molar-refractivity contribution < 1.29 is 27.8 Å². The SMILES string of the molecule is CSc1cc(F)c(F)cc1-c1ccc(OCc2cccc(C(=O)OC(=O)[C@@H]3CCCN3)c2)cc1. The zero-order valence-electron chi connectivity index (χ0n) is 18.5. The normalized spacial score (nSPS) is 15.2. The van der Waals surface area contributed by atoms with Crippen LogP contribution in [-0.2, 0) is 16.1 Å². The van der Waals surface area contributed by atoms with Crippen molar-refractivity contribution >= 4 is 23.7 Å². The number of esters is 2. The van der Waals surface area contributed by atoms with Crippen LogP contribution in [0.15, 0.2) is 65.6 Å². The van der Waals surface area contributed by atoms with Gasteiger partial charge in [-0.05, 0) is 78.7 Å². The Kier molecular flexibility index (Phi) is 7.59. The highest BCUT2D eigenvalue weighted by molar-refractivity contribution is 7.98. The zero-order valence-corrected chi connectivity index (χ0v) is 19.3. The molecular formula is C26H23F2NO4S. The van der Waals surface area contributed by atoms with E-state index in [1.165, 1.54) is 23.9 Å². The van der Waals surface area contributed by atoms with Gasteiger partial charge < -0.3 is 14.8 Å². The molecule has 1 fully saturated rings. The van der Waals surface area contributed by atoms with Crippen LogP contribution >= 0.6 is 11.8 Å². The van der Waals surface area contributed by atoms with E-state index in [2.05, 4.69) is 5.32 Å². The Morgan fingerprint density at radius 3 is 2.53 bits per heavy atom. The van der Waals surface area contributed by atoms with Crippen molar-refractivity contribution in [3.8, 4) is 16.9 Å². The third-order valence-corrected chi connectivity index (χ3v) is 6.29. The largest absolute Gasteiger partial charge is 0.489 e. The van der Waals surface area contributed by atoms with E-state index in [9.17, 15) is 18.4 Å². The van der Waals surface area contributed by atoms with Crippen molar-refractivity contribution in [2.75, 3.05) is 12.8 Å². The molecule has 0 unspecified atom stereocenters. The van der Waals surface area contributed by atoms with Gasteiger partial charge in [-0.3, -0.25) is 0 Å². The molecular weight excluding hydrogens is 460 g/mol. The number of hydrogen-bond donors (Lipinski definition) is 1. The first kappa shape index (κ1) is 23.9. The minimum Gasteiger partial charge on any atom is -0.489 e. The van der Waals surface area contributed by atoms with Crippen molar-refractivity contribution in [1.29, 1.82) is 0 Å². The third-order valence-electron chi connectivity index (χ3n) is 5.51. The number of ether oxygens (including phenoxy) is 2. The van der Waals surface area contributed by atoms with Gasteiger partial charge in [0.1, 0.15) is 18.4 Å². The number of carbonyl (C=O) groups is 2. The summed E-state index contributed by atoms with van der Waals surface area (Å²) in [7, 11) is 0. The van der Waals surface area contributed by atoms with Gasteiger partial charge in [0.2, 0.25) is 0 Å². The molecule has 0 spiro atoms. The summed E-state index contributed by atoms with van der Waals surface area (Å²) in [6.07, 6.45) is 3.34. The number of thioether (sulfide) groups is 1. The molecule has 4 rings (SSSR count). The first-order chi connectivity index (χ1) is 16.4. The molecule has 5 nitrogen and oxygen atoms in total. The number of nitrogens with one attached hydrogen (secondary N) is 1. The Morgan fingerprint density at radius 1 is 1.06 bits per heavy atom. The van der Waals surface area contributed by atoms with Crippen LogP contribution in [0.3, 0.4) is 0 Å². The fourth-order valence-electron chi connectivity index (χ4n) is 3.72. The lowest BCUT2D eigenvalue weighted by atomic mass is 10.1. The third kappa shape index (κ3) is 5.63. The van der Waals surface area contributed by atoms with Gasteiger partial charge in [0, 0.05) is 4.90 Å². The molecule has 1 aliphatic rings. The van der Waals surface area contributed by atoms with E-state index < -0.39 is 29.6 Å². The molecule has 1 atom stereocenters. The minimum absolute atomic E-state index is 0.194. The van der Waals surface area contributed by atoms with Crippen LogP contribution in [0.1, 0.15) is 28.8 Å². The molecule has 3 aromatic rings. The van der Waals surface area contributed by atoms with Crippen LogP contribution in [0.25, 0.3) is 11.1 Å². The van der Waals surface area contributed by atoms with E-state index in [0.717, 1.165) is 24.1 Å². The van der Waals surface area contributed by atoms with E-state index in [0.29, 0.717) is 22.6 Å². The highest BCUT2D eigenvalue weighted by atomic mass is 32.2. The number of rotatable bonds is 7. The number of carbonyl (C=O) groups excluding carboxylic acids is 2. The molecule has 1 saturated heterocycles. The summed E-state index contributed by atoms with van der Waals surface area (Å²) < 4.78 is 38.1. The van der Waals surface area contributed by atoms with Crippen LogP contribution in [0, 0.1) is 11.6 Å². The molecule has 3 aromatic carbocycles. The first-order valence-electron chi connectivity index (χ1n) is 10.8. The first-order valence-corrected chi connectivity index (χ1v) is 12.0. The molecule has 8 heteroatoms. The molecule has 0 aromatic heterocycles. The van der Waals surface area contributed by atoms with Gasteiger partial charge in [-0.25, -0.2) is 18.4 Å². The summed E-state index contributed by atoms with van der Waals surface area (Å²) in [5, 5.41) is 3.01. The molecule has 0 amide bonds. The Hall–Kier alpha value is -3.23. The van der Waals surface area contributed by atoms with E-state index in [1.807, 2.05) is 0 Å². The predicted molar refractivity (Wildman–Crippen MR) is 126 cm³/mol. The topological polar surface area (TPSA) is 64.6 Å². The highest BCUT2D eigenvalue weighted by Crippen LogP contribution is 2.33. The minimum atomic E-state index is -0.896. The summed E-state index contributed by atoms with van der Waals surface area (Å²) in [5.74, 6) is -2.45. The summed E-state index contributed by atoms with van der Waals surface area (Å²) in [4.78, 5) is 25.0. The average Bonchev–Trinajstić information content (AvgIpc) is 3.40. The van der Waals surface area contributed by atoms with E-state index in [4.69, 9.17) is 9.47 Å². The summed E-state index contributed by atoms with van der Waals surface area (Å²) >= 11 is 1.34. The smallest absolute Gasteiger partial charge is 0.345 e. The van der Waals surface area contributed by atoms with E-state index in [-0.39, 0.29) is 12.2 Å². The summed E-state index contributed by atoms with van der Waals surface area (Å²) in [5.41, 5.74) is 2.34. The maximum Gasteiger partial charge on any atom is 0.345 e. The fourth-order valence-corrected chi connectivity index (χ4v) is 4.33. The molecule has 1 heterocycles. The predicted octanol–water partition coefficient (Wildman–Crippen LogP) is 5.37. The van der Waals surface area contributed by atoms with Gasteiger partial charge in [0.25, 0.3) is 0 Å². The quantitative estimate of drug-likeness (QED) is 0.277. The van der Waals surface area contributed by atoms with Crippen molar-refractivity contribution in [2.24, 2.45) is 0 Å². The van der Waals surface area contributed by atoms with Crippen LogP contribution in [-0.4, -0.2) is 30.8 Å². The molecule has 1 N–H and O–H groups in total. The lowest BCUT2D eigenvalue weighted by Crippen LogP contribution is -2.33. The van der Waals surface area contributed by atoms with Crippen LogP contribution in [0.5, 0.6) is 5.75 Å². The van der Waals surface area contributed by atoms with Crippen LogP contribution in [0.2, 0.25) is 0 Å². The van der Waals surface area contributed by atoms with E-state index >= 15 is 0 Å². The Balaban J connectivity index is 1.39. The number of halogens is 2. The Labute approximate surface area is 200 Å². The van der Waals surface area contributed by atoms with Gasteiger partial charge in [0.15, 0.2) is 11.6 Å². The van der Waals surface area contributed by atoms with Gasteiger partial charge in [-0.15, -0.1) is 11.8 Å². The molecule has 0 aliphatic carbocycles. The lowest BCUT2D eigenvalue weighted by molar-refractivity contribution is -0.139. The van der Waals surface area contributed by atoms with E-state index in [1.54, 1.807) is 54.8 Å². The summed E-state index contributed by atoms with van der Waals surface area (Å²) in [6.45, 7) is 0.932. The maximum atomic E-state index is 13.7. The van der Waals surface area contributed by atoms with Crippen molar-refractivity contribution in [3.63, 3.8) is 0 Å². The molecule has 0 radical (unpaired) electrons. The highest BCUT2D eigenvalue weighted by Gasteiger charge is 2.26. The standard InChI is InChI=1S/C26H23F2NO4S/c1-34-24-14-22(28)21(27)13-20(24)17-7-9-19(10-8-17)32-15-16-4-2-5-18(12-16)25(30)33-26(31)23-6-3-11-29-23/h2,4-5,7-10,12-14,23,29H,3,6,11,15H2,1H3/t23-/m0/s1. The average molecular weight is 484 g/mol. The molecule has 176 valence electrons. The zero-order chi connectivity index (χ0) is 24.1. The summed E-state index contributed by atoms with van der Waals surface area (Å²) in [6, 6.07) is 15.7. The number of benzene rings is 3. The van der Waals surface area contributed by atoms with Crippen LogP contribution in [0.4, 0.5) is 8.78 Å². The van der Waals surface area contributed by atoms with Crippen LogP contribution < -0.4 is 10.1 Å². The molecule has 34 heavy (non-hydrogen) atoms. The Morgan fingerprint density at radius 2 is 1.82 bits per heavy atom. The van der Waals surface area contributed by atoms with Gasteiger partial charge >= 0.3 is 11.9 Å². The second kappa shape index (κ2) is 10.8. The molecule has 0 saturated carbocycles. The second-order valence-corrected chi connectivity index (χ2v) is 8.69. The fraction of sp³-hybridized carbons (Fsp3) is 0.231. The second-order valence-electron chi connectivity index (χ2n) is 7.84. The van der Waals surface area contributed by atoms with Gasteiger partial charge in [0.05, 0.1) is 5.56 Å². The monoisotopic (exact) mass is 483 g/mol. The maximum absolute atomic E-state index is 13.7.